The zero-order valence-electron chi connectivity index (χ0n) is 14.7. The summed E-state index contributed by atoms with van der Waals surface area (Å²) in [5, 5.41) is 3.36. The van der Waals surface area contributed by atoms with Crippen LogP contribution >= 0.6 is 0 Å². The predicted molar refractivity (Wildman–Crippen MR) is 102 cm³/mol. The second-order valence-electron chi connectivity index (χ2n) is 6.08. The molecule has 3 aromatic heterocycles. The van der Waals surface area contributed by atoms with E-state index < -0.39 is 0 Å². The van der Waals surface area contributed by atoms with E-state index in [1.165, 1.54) is 0 Å². The van der Waals surface area contributed by atoms with Crippen LogP contribution in [0.1, 0.15) is 5.56 Å². The Bertz CT molecular complexity index is 882. The maximum Gasteiger partial charge on any atom is 0.228 e. The van der Waals surface area contributed by atoms with Gasteiger partial charge in [0.25, 0.3) is 0 Å². The molecule has 1 saturated heterocycles. The topological polar surface area (TPSA) is 115 Å². The van der Waals surface area contributed by atoms with Gasteiger partial charge in [-0.1, -0.05) is 0 Å². The van der Waals surface area contributed by atoms with Crippen LogP contribution in [0.3, 0.4) is 0 Å². The van der Waals surface area contributed by atoms with E-state index in [4.69, 9.17) is 15.5 Å². The first-order chi connectivity index (χ1) is 13.3. The van der Waals surface area contributed by atoms with Crippen LogP contribution < -0.4 is 16.0 Å². The molecule has 1 fully saturated rings. The van der Waals surface area contributed by atoms with Crippen LogP contribution in [-0.2, 0) is 11.3 Å². The number of hydrogen-bond acceptors (Lipinski definition) is 9. The number of nitrogen functional groups attached to an aromatic ring is 1. The van der Waals surface area contributed by atoms with Crippen molar-refractivity contribution in [3.8, 4) is 11.3 Å². The molecule has 0 aliphatic carbocycles. The summed E-state index contributed by atoms with van der Waals surface area (Å²) in [5.41, 5.74) is 8.24. The third-order valence-corrected chi connectivity index (χ3v) is 4.20. The minimum atomic E-state index is 0.234. The molecule has 3 N–H and O–H groups in total. The summed E-state index contributed by atoms with van der Waals surface area (Å²) in [6.45, 7) is 3.48. The van der Waals surface area contributed by atoms with Crippen molar-refractivity contribution in [2.45, 2.75) is 6.54 Å². The van der Waals surface area contributed by atoms with Gasteiger partial charge in [-0.05, 0) is 17.7 Å². The molecule has 1 aliphatic heterocycles. The first-order valence-corrected chi connectivity index (χ1v) is 8.70. The Morgan fingerprint density at radius 3 is 2.56 bits per heavy atom. The fourth-order valence-corrected chi connectivity index (χ4v) is 2.74. The summed E-state index contributed by atoms with van der Waals surface area (Å²) in [6.07, 6.45) is 6.88. The number of aromatic nitrogens is 5. The molecule has 4 heterocycles. The molecule has 0 radical (unpaired) electrons. The number of nitrogens with two attached hydrogens (primary N) is 1. The second-order valence-corrected chi connectivity index (χ2v) is 6.08. The lowest BCUT2D eigenvalue weighted by molar-refractivity contribution is 0.122. The van der Waals surface area contributed by atoms with Crippen LogP contribution in [0.2, 0.25) is 0 Å². The molecular formula is C18H20N8O. The third-order valence-electron chi connectivity index (χ3n) is 4.20. The quantitative estimate of drug-likeness (QED) is 0.692. The van der Waals surface area contributed by atoms with E-state index in [1.807, 2.05) is 18.2 Å². The lowest BCUT2D eigenvalue weighted by atomic mass is 10.2. The highest BCUT2D eigenvalue weighted by atomic mass is 16.5. The molecule has 0 unspecified atom stereocenters. The Hall–Kier alpha value is -3.33. The van der Waals surface area contributed by atoms with Crippen molar-refractivity contribution in [3.05, 3.63) is 48.5 Å². The molecule has 0 bridgehead atoms. The van der Waals surface area contributed by atoms with Crippen LogP contribution in [0, 0.1) is 0 Å². The first-order valence-electron chi connectivity index (χ1n) is 8.70. The fraction of sp³-hybridized carbons (Fsp3) is 0.278. The van der Waals surface area contributed by atoms with E-state index in [1.54, 1.807) is 24.8 Å². The lowest BCUT2D eigenvalue weighted by Crippen LogP contribution is -2.37. The average Bonchev–Trinajstić information content (AvgIpc) is 2.74. The van der Waals surface area contributed by atoms with Gasteiger partial charge in [0.1, 0.15) is 5.82 Å². The maximum absolute atomic E-state index is 5.60. The number of ether oxygens (including phenoxy) is 1. The maximum atomic E-state index is 5.60. The molecule has 138 valence electrons. The van der Waals surface area contributed by atoms with E-state index in [-0.39, 0.29) is 5.95 Å². The third kappa shape index (κ3) is 4.26. The van der Waals surface area contributed by atoms with Crippen LogP contribution in [0.4, 0.5) is 17.7 Å². The van der Waals surface area contributed by atoms with Gasteiger partial charge in [0, 0.05) is 56.1 Å². The minimum Gasteiger partial charge on any atom is -0.378 e. The summed E-state index contributed by atoms with van der Waals surface area (Å²) in [7, 11) is 0. The largest absolute Gasteiger partial charge is 0.378 e. The average molecular weight is 364 g/mol. The zero-order chi connectivity index (χ0) is 18.5. The van der Waals surface area contributed by atoms with Gasteiger partial charge in [0.2, 0.25) is 11.9 Å². The molecule has 9 heteroatoms. The van der Waals surface area contributed by atoms with E-state index in [2.05, 4.69) is 30.2 Å². The van der Waals surface area contributed by atoms with Crippen LogP contribution in [0.5, 0.6) is 0 Å². The van der Waals surface area contributed by atoms with Gasteiger partial charge in [-0.15, -0.1) is 0 Å². The molecule has 3 aromatic rings. The summed E-state index contributed by atoms with van der Waals surface area (Å²) < 4.78 is 5.43. The number of rotatable bonds is 5. The van der Waals surface area contributed by atoms with Crippen molar-refractivity contribution in [3.63, 3.8) is 0 Å². The first kappa shape index (κ1) is 17.1. The van der Waals surface area contributed by atoms with Crippen molar-refractivity contribution in [2.24, 2.45) is 0 Å². The Morgan fingerprint density at radius 1 is 1.07 bits per heavy atom. The SMILES string of the molecule is Nc1ncc(-c2cc(NCc3ccncc3)nc(N3CCOCC3)n2)cn1. The Kier molecular flexibility index (Phi) is 5.01. The number of pyridine rings is 1. The van der Waals surface area contributed by atoms with Gasteiger partial charge in [-0.2, -0.15) is 4.98 Å². The second kappa shape index (κ2) is 7.92. The van der Waals surface area contributed by atoms with Crippen molar-refractivity contribution in [1.29, 1.82) is 0 Å². The molecular weight excluding hydrogens is 344 g/mol. The number of anilines is 3. The summed E-state index contributed by atoms with van der Waals surface area (Å²) in [6, 6.07) is 5.82. The number of morpholine rings is 1. The minimum absolute atomic E-state index is 0.234. The molecule has 1 aliphatic rings. The van der Waals surface area contributed by atoms with Gasteiger partial charge in [0.05, 0.1) is 18.9 Å². The van der Waals surface area contributed by atoms with Crippen LogP contribution in [0.15, 0.2) is 43.0 Å². The van der Waals surface area contributed by atoms with Crippen molar-refractivity contribution in [1.82, 2.24) is 24.9 Å². The summed E-state index contributed by atoms with van der Waals surface area (Å²) >= 11 is 0. The Labute approximate surface area is 156 Å². The Balaban J connectivity index is 1.64. The summed E-state index contributed by atoms with van der Waals surface area (Å²) in [5.74, 6) is 1.62. The predicted octanol–water partition coefficient (Wildman–Crippen LogP) is 1.36. The molecule has 0 aromatic carbocycles. The van der Waals surface area contributed by atoms with Crippen LogP contribution in [0.25, 0.3) is 11.3 Å². The molecule has 27 heavy (non-hydrogen) atoms. The van der Waals surface area contributed by atoms with Gasteiger partial charge in [-0.3, -0.25) is 4.98 Å². The molecule has 9 nitrogen and oxygen atoms in total. The van der Waals surface area contributed by atoms with Crippen molar-refractivity contribution < 1.29 is 4.74 Å². The molecule has 0 atom stereocenters. The molecule has 0 saturated carbocycles. The van der Waals surface area contributed by atoms with E-state index in [9.17, 15) is 0 Å². The standard InChI is InChI=1S/C18H20N8O/c19-17-22-11-14(12-23-17)15-9-16(21-10-13-1-3-20-4-2-13)25-18(24-15)26-5-7-27-8-6-26/h1-4,9,11-12H,5-8,10H2,(H2,19,22,23)(H,21,24,25). The highest BCUT2D eigenvalue weighted by Crippen LogP contribution is 2.23. The molecule has 4 rings (SSSR count). The number of nitrogens with one attached hydrogen (secondary N) is 1. The zero-order valence-corrected chi connectivity index (χ0v) is 14.7. The highest BCUT2D eigenvalue weighted by molar-refractivity contribution is 5.63. The number of hydrogen-bond donors (Lipinski definition) is 2. The smallest absolute Gasteiger partial charge is 0.228 e. The van der Waals surface area contributed by atoms with Crippen LogP contribution in [-0.4, -0.2) is 51.2 Å². The lowest BCUT2D eigenvalue weighted by Gasteiger charge is -2.27. The van der Waals surface area contributed by atoms with E-state index in [0.29, 0.717) is 25.7 Å². The van der Waals surface area contributed by atoms with Crippen molar-refractivity contribution >= 4 is 17.7 Å². The molecule has 0 spiro atoms. The van der Waals surface area contributed by atoms with E-state index in [0.717, 1.165) is 35.7 Å². The summed E-state index contributed by atoms with van der Waals surface area (Å²) in [4.78, 5) is 23.7. The fourth-order valence-electron chi connectivity index (χ4n) is 2.74. The number of nitrogens with zero attached hydrogens (tertiary/aromatic N) is 6. The monoisotopic (exact) mass is 364 g/mol. The van der Waals surface area contributed by atoms with Crippen molar-refractivity contribution in [2.75, 3.05) is 42.3 Å². The van der Waals surface area contributed by atoms with Gasteiger partial charge < -0.3 is 20.7 Å². The van der Waals surface area contributed by atoms with Gasteiger partial charge >= 0.3 is 0 Å². The normalized spacial score (nSPS) is 14.1. The van der Waals surface area contributed by atoms with Gasteiger partial charge in [0.15, 0.2) is 0 Å². The highest BCUT2D eigenvalue weighted by Gasteiger charge is 2.16. The van der Waals surface area contributed by atoms with E-state index >= 15 is 0 Å². The van der Waals surface area contributed by atoms with Gasteiger partial charge in [-0.25, -0.2) is 15.0 Å². The Morgan fingerprint density at radius 2 is 1.81 bits per heavy atom. The molecule has 0 amide bonds.